The van der Waals surface area contributed by atoms with E-state index in [1.807, 2.05) is 0 Å². The Morgan fingerprint density at radius 1 is 0.944 bits per heavy atom. The molecule has 0 saturated carbocycles. The zero-order valence-corrected chi connectivity index (χ0v) is 11.7. The van der Waals surface area contributed by atoms with Gasteiger partial charge >= 0.3 is 0 Å². The third kappa shape index (κ3) is 2.43. The van der Waals surface area contributed by atoms with Crippen LogP contribution in [0.15, 0.2) is 0 Å². The maximum Gasteiger partial charge on any atom is 0.114 e. The van der Waals surface area contributed by atoms with Crippen molar-refractivity contribution in [3.05, 3.63) is 0 Å². The van der Waals surface area contributed by atoms with Crippen LogP contribution in [0.2, 0.25) is 0 Å². The summed E-state index contributed by atoms with van der Waals surface area (Å²) in [6, 6.07) is 1.87. The second-order valence-electron chi connectivity index (χ2n) is 6.51. The van der Waals surface area contributed by atoms with Crippen LogP contribution in [-0.4, -0.2) is 78.3 Å². The molecule has 0 aliphatic carbocycles. The van der Waals surface area contributed by atoms with Crippen molar-refractivity contribution in [2.45, 2.75) is 51.0 Å². The second kappa shape index (κ2) is 5.06. The molecule has 0 radical (unpaired) electrons. The number of nitrogens with zero attached hydrogens (tertiary/aromatic N) is 3. The van der Waals surface area contributed by atoms with Crippen molar-refractivity contribution in [3.63, 3.8) is 0 Å². The van der Waals surface area contributed by atoms with Crippen molar-refractivity contribution in [1.82, 2.24) is 14.7 Å². The lowest BCUT2D eigenvalue weighted by molar-refractivity contribution is 0.0719. The number of likely N-dealkylation sites (tertiary alicyclic amines) is 1. The molecule has 0 aromatic rings. The van der Waals surface area contributed by atoms with Gasteiger partial charge in [-0.15, -0.1) is 0 Å². The molecule has 0 bridgehead atoms. The highest BCUT2D eigenvalue weighted by Crippen LogP contribution is 2.27. The third-order valence-electron chi connectivity index (χ3n) is 5.04. The van der Waals surface area contributed by atoms with Gasteiger partial charge < -0.3 is 0 Å². The van der Waals surface area contributed by atoms with Crippen LogP contribution in [0.25, 0.3) is 0 Å². The lowest BCUT2D eigenvalue weighted by Gasteiger charge is -2.40. The van der Waals surface area contributed by atoms with E-state index >= 15 is 0 Å². The predicted octanol–water partition coefficient (Wildman–Crippen LogP) is 1.20. The Hall–Kier alpha value is -0.190. The first-order valence-corrected chi connectivity index (χ1v) is 7.49. The van der Waals surface area contributed by atoms with Crippen LogP contribution in [0.1, 0.15) is 26.7 Å². The quantitative estimate of drug-likeness (QED) is 0.734. The first kappa shape index (κ1) is 12.8. The van der Waals surface area contributed by atoms with Crippen LogP contribution in [0.3, 0.4) is 0 Å². The van der Waals surface area contributed by atoms with E-state index in [1.54, 1.807) is 0 Å². The maximum absolute atomic E-state index is 13.4. The molecule has 3 heterocycles. The highest BCUT2D eigenvalue weighted by molar-refractivity contribution is 4.95. The van der Waals surface area contributed by atoms with Gasteiger partial charge in [0.15, 0.2) is 0 Å². The molecule has 3 unspecified atom stereocenters. The van der Waals surface area contributed by atoms with E-state index in [0.29, 0.717) is 24.7 Å². The molecule has 3 saturated heterocycles. The zero-order valence-electron chi connectivity index (χ0n) is 11.7. The molecule has 104 valence electrons. The van der Waals surface area contributed by atoms with E-state index in [0.717, 1.165) is 26.1 Å². The predicted molar refractivity (Wildman–Crippen MR) is 71.6 cm³/mol. The van der Waals surface area contributed by atoms with E-state index in [1.165, 1.54) is 19.5 Å². The molecule has 3 nitrogen and oxygen atoms in total. The summed E-state index contributed by atoms with van der Waals surface area (Å²) in [4.78, 5) is 7.56. The van der Waals surface area contributed by atoms with Crippen molar-refractivity contribution in [2.24, 2.45) is 0 Å². The summed E-state index contributed by atoms with van der Waals surface area (Å²) in [5.41, 5.74) is 0. The van der Waals surface area contributed by atoms with Gasteiger partial charge in [-0.2, -0.15) is 0 Å². The monoisotopic (exact) mass is 255 g/mol. The largest absolute Gasteiger partial charge is 0.299 e. The van der Waals surface area contributed by atoms with Crippen molar-refractivity contribution in [2.75, 3.05) is 39.3 Å². The van der Waals surface area contributed by atoms with Gasteiger partial charge in [0.25, 0.3) is 0 Å². The molecule has 0 spiro atoms. The highest BCUT2D eigenvalue weighted by Gasteiger charge is 2.39. The summed E-state index contributed by atoms with van der Waals surface area (Å²) >= 11 is 0. The van der Waals surface area contributed by atoms with Crippen molar-refractivity contribution >= 4 is 0 Å². The van der Waals surface area contributed by atoms with Gasteiger partial charge in [-0.25, -0.2) is 4.39 Å². The number of rotatable bonds is 2. The van der Waals surface area contributed by atoms with Crippen LogP contribution < -0.4 is 0 Å². The molecule has 0 N–H and O–H groups in total. The zero-order chi connectivity index (χ0) is 12.7. The van der Waals surface area contributed by atoms with E-state index < -0.39 is 6.17 Å². The molecule has 3 atom stereocenters. The second-order valence-corrected chi connectivity index (χ2v) is 6.51. The normalized spacial score (nSPS) is 39.7. The fraction of sp³-hybridized carbons (Fsp3) is 1.00. The molecule has 3 aliphatic heterocycles. The van der Waals surface area contributed by atoms with Crippen LogP contribution in [0, 0.1) is 0 Å². The van der Waals surface area contributed by atoms with E-state index in [2.05, 4.69) is 28.5 Å². The first-order chi connectivity index (χ1) is 8.63. The molecule has 4 heteroatoms. The van der Waals surface area contributed by atoms with Gasteiger partial charge in [0.1, 0.15) is 6.17 Å². The number of piperazine rings is 1. The van der Waals surface area contributed by atoms with Gasteiger partial charge in [0, 0.05) is 57.4 Å². The topological polar surface area (TPSA) is 9.72 Å². The molecule has 3 rings (SSSR count). The number of fused-ring (bicyclic) bond motifs is 1. The Morgan fingerprint density at radius 3 is 2.33 bits per heavy atom. The van der Waals surface area contributed by atoms with Crippen molar-refractivity contribution in [3.8, 4) is 0 Å². The van der Waals surface area contributed by atoms with Crippen LogP contribution in [0.4, 0.5) is 4.39 Å². The third-order valence-corrected chi connectivity index (χ3v) is 5.04. The average Bonchev–Trinajstić information content (AvgIpc) is 2.91. The number of hydrogen-bond acceptors (Lipinski definition) is 3. The molecule has 0 aromatic heterocycles. The Kier molecular flexibility index (Phi) is 3.61. The van der Waals surface area contributed by atoms with Gasteiger partial charge in [-0.3, -0.25) is 14.7 Å². The smallest absolute Gasteiger partial charge is 0.114 e. The fourth-order valence-corrected chi connectivity index (χ4v) is 3.87. The highest BCUT2D eigenvalue weighted by atomic mass is 19.1. The Bertz CT molecular complexity index is 297. The minimum atomic E-state index is -0.578. The molecular weight excluding hydrogens is 229 g/mol. The van der Waals surface area contributed by atoms with Crippen LogP contribution in [-0.2, 0) is 0 Å². The first-order valence-electron chi connectivity index (χ1n) is 7.49. The molecule has 3 fully saturated rings. The lowest BCUT2D eigenvalue weighted by Crippen LogP contribution is -2.54. The van der Waals surface area contributed by atoms with E-state index in [4.69, 9.17) is 0 Å². The van der Waals surface area contributed by atoms with Gasteiger partial charge in [0.2, 0.25) is 0 Å². The Morgan fingerprint density at radius 2 is 1.67 bits per heavy atom. The van der Waals surface area contributed by atoms with E-state index in [9.17, 15) is 4.39 Å². The molecule has 0 aromatic carbocycles. The van der Waals surface area contributed by atoms with Crippen molar-refractivity contribution in [1.29, 1.82) is 0 Å². The van der Waals surface area contributed by atoms with E-state index in [-0.39, 0.29) is 0 Å². The fourth-order valence-electron chi connectivity index (χ4n) is 3.87. The molecular formula is C14H26FN3. The number of halogens is 1. The minimum absolute atomic E-state index is 0.488. The number of alkyl halides is 1. The van der Waals surface area contributed by atoms with Gasteiger partial charge in [-0.1, -0.05) is 0 Å². The SMILES string of the molecule is CC(C)N1CCC(N2CCN3CC(F)CC3C2)C1. The molecule has 3 aliphatic rings. The van der Waals surface area contributed by atoms with Crippen molar-refractivity contribution < 1.29 is 4.39 Å². The maximum atomic E-state index is 13.4. The lowest BCUT2D eigenvalue weighted by atomic mass is 10.1. The molecule has 18 heavy (non-hydrogen) atoms. The minimum Gasteiger partial charge on any atom is -0.299 e. The summed E-state index contributed by atoms with van der Waals surface area (Å²) in [5, 5.41) is 0. The summed E-state index contributed by atoms with van der Waals surface area (Å²) in [6.45, 7) is 11.0. The summed E-state index contributed by atoms with van der Waals surface area (Å²) in [5.74, 6) is 0. The van der Waals surface area contributed by atoms with Crippen LogP contribution >= 0.6 is 0 Å². The Balaban J connectivity index is 1.55. The Labute approximate surface area is 110 Å². The average molecular weight is 255 g/mol. The number of hydrogen-bond donors (Lipinski definition) is 0. The van der Waals surface area contributed by atoms with Gasteiger partial charge in [-0.05, 0) is 26.7 Å². The summed E-state index contributed by atoms with van der Waals surface area (Å²) in [6.07, 6.45) is 1.48. The standard InChI is InChI=1S/C14H26FN3/c1-11(2)16-4-3-13(9-16)18-6-5-17-8-12(15)7-14(17)10-18/h11-14H,3-10H2,1-2H3. The summed E-state index contributed by atoms with van der Waals surface area (Å²) < 4.78 is 13.4. The van der Waals surface area contributed by atoms with Crippen LogP contribution in [0.5, 0.6) is 0 Å². The van der Waals surface area contributed by atoms with Gasteiger partial charge in [0.05, 0.1) is 0 Å². The summed E-state index contributed by atoms with van der Waals surface area (Å²) in [7, 11) is 0. The molecule has 0 amide bonds.